The third-order valence-corrected chi connectivity index (χ3v) is 3.41. The van der Waals surface area contributed by atoms with Crippen molar-refractivity contribution < 1.29 is 4.79 Å². The van der Waals surface area contributed by atoms with Gasteiger partial charge in [-0.05, 0) is 19.1 Å². The SMILES string of the molecule is Cc1ccc(C(=O)c2ccnc(-c3ccccc3)c2)cc1. The highest BCUT2D eigenvalue weighted by molar-refractivity contribution is 6.09. The molecule has 0 saturated carbocycles. The molecule has 0 aliphatic carbocycles. The lowest BCUT2D eigenvalue weighted by molar-refractivity contribution is 0.103. The van der Waals surface area contributed by atoms with Crippen LogP contribution in [0, 0.1) is 6.92 Å². The first kappa shape index (κ1) is 13.3. The van der Waals surface area contributed by atoms with E-state index < -0.39 is 0 Å². The lowest BCUT2D eigenvalue weighted by Crippen LogP contribution is -2.02. The number of rotatable bonds is 3. The molecule has 0 unspecified atom stereocenters. The third kappa shape index (κ3) is 2.90. The molecule has 0 spiro atoms. The lowest BCUT2D eigenvalue weighted by Gasteiger charge is -2.05. The van der Waals surface area contributed by atoms with Crippen LogP contribution in [0.4, 0.5) is 0 Å². The molecule has 3 rings (SSSR count). The van der Waals surface area contributed by atoms with Crippen LogP contribution < -0.4 is 0 Å². The normalized spacial score (nSPS) is 10.3. The van der Waals surface area contributed by atoms with E-state index in [1.165, 1.54) is 0 Å². The number of hydrogen-bond acceptors (Lipinski definition) is 2. The molecule has 0 aliphatic heterocycles. The molecule has 1 heterocycles. The van der Waals surface area contributed by atoms with Gasteiger partial charge in [0.25, 0.3) is 0 Å². The average molecular weight is 273 g/mol. The zero-order valence-corrected chi connectivity index (χ0v) is 11.8. The Bertz CT molecular complexity index is 761. The van der Waals surface area contributed by atoms with Gasteiger partial charge >= 0.3 is 0 Å². The van der Waals surface area contributed by atoms with Crippen LogP contribution >= 0.6 is 0 Å². The van der Waals surface area contributed by atoms with Crippen molar-refractivity contribution in [3.8, 4) is 11.3 Å². The average Bonchev–Trinajstić information content (AvgIpc) is 2.56. The molecule has 0 atom stereocenters. The summed E-state index contributed by atoms with van der Waals surface area (Å²) >= 11 is 0. The van der Waals surface area contributed by atoms with Gasteiger partial charge in [-0.3, -0.25) is 9.78 Å². The van der Waals surface area contributed by atoms with Crippen molar-refractivity contribution in [2.75, 3.05) is 0 Å². The number of carbonyl (C=O) groups excluding carboxylic acids is 1. The first-order valence-corrected chi connectivity index (χ1v) is 6.87. The second kappa shape index (κ2) is 5.71. The van der Waals surface area contributed by atoms with Gasteiger partial charge < -0.3 is 0 Å². The van der Waals surface area contributed by atoms with Gasteiger partial charge in [0, 0.05) is 22.9 Å². The summed E-state index contributed by atoms with van der Waals surface area (Å²) in [6, 6.07) is 21.1. The molecule has 2 aromatic carbocycles. The largest absolute Gasteiger partial charge is 0.289 e. The first-order chi connectivity index (χ1) is 10.2. The Hall–Kier alpha value is -2.74. The number of pyridine rings is 1. The van der Waals surface area contributed by atoms with Gasteiger partial charge in [-0.1, -0.05) is 60.2 Å². The van der Waals surface area contributed by atoms with E-state index >= 15 is 0 Å². The Labute approximate surface area is 124 Å². The molecule has 0 aliphatic rings. The maximum atomic E-state index is 12.5. The van der Waals surface area contributed by atoms with Crippen LogP contribution in [0.25, 0.3) is 11.3 Å². The van der Waals surface area contributed by atoms with Crippen LogP contribution in [-0.2, 0) is 0 Å². The molecule has 0 bridgehead atoms. The van der Waals surface area contributed by atoms with Crippen LogP contribution in [0.5, 0.6) is 0 Å². The summed E-state index contributed by atoms with van der Waals surface area (Å²) in [5.74, 6) is 0.0228. The van der Waals surface area contributed by atoms with Crippen molar-refractivity contribution in [1.82, 2.24) is 4.98 Å². The first-order valence-electron chi connectivity index (χ1n) is 6.87. The van der Waals surface area contributed by atoms with Gasteiger partial charge in [0.1, 0.15) is 0 Å². The molecule has 1 aromatic heterocycles. The van der Waals surface area contributed by atoms with Gasteiger partial charge in [-0.2, -0.15) is 0 Å². The Kier molecular flexibility index (Phi) is 3.61. The van der Waals surface area contributed by atoms with E-state index in [9.17, 15) is 4.79 Å². The fraction of sp³-hybridized carbons (Fsp3) is 0.0526. The summed E-state index contributed by atoms with van der Waals surface area (Å²) in [7, 11) is 0. The monoisotopic (exact) mass is 273 g/mol. The number of ketones is 1. The Morgan fingerprint density at radius 1 is 0.857 bits per heavy atom. The number of carbonyl (C=O) groups is 1. The molecule has 2 nitrogen and oxygen atoms in total. The van der Waals surface area contributed by atoms with E-state index in [2.05, 4.69) is 4.98 Å². The zero-order chi connectivity index (χ0) is 14.7. The number of aryl methyl sites for hydroxylation is 1. The predicted octanol–water partition coefficient (Wildman–Crippen LogP) is 4.29. The highest BCUT2D eigenvalue weighted by atomic mass is 16.1. The molecular weight excluding hydrogens is 258 g/mol. The van der Waals surface area contributed by atoms with Crippen LogP contribution in [0.3, 0.4) is 0 Å². The fourth-order valence-electron chi connectivity index (χ4n) is 2.21. The van der Waals surface area contributed by atoms with Crippen molar-refractivity contribution in [2.45, 2.75) is 6.92 Å². The number of benzene rings is 2. The van der Waals surface area contributed by atoms with E-state index in [0.717, 1.165) is 16.8 Å². The predicted molar refractivity (Wildman–Crippen MR) is 84.3 cm³/mol. The molecule has 102 valence electrons. The van der Waals surface area contributed by atoms with E-state index in [-0.39, 0.29) is 5.78 Å². The van der Waals surface area contributed by atoms with E-state index in [0.29, 0.717) is 11.1 Å². The molecule has 21 heavy (non-hydrogen) atoms. The van der Waals surface area contributed by atoms with Crippen molar-refractivity contribution in [3.05, 3.63) is 89.6 Å². The maximum Gasteiger partial charge on any atom is 0.193 e. The number of hydrogen-bond donors (Lipinski definition) is 0. The molecule has 0 N–H and O–H groups in total. The second-order valence-corrected chi connectivity index (χ2v) is 4.99. The highest BCUT2D eigenvalue weighted by Crippen LogP contribution is 2.19. The summed E-state index contributed by atoms with van der Waals surface area (Å²) in [5, 5.41) is 0. The second-order valence-electron chi connectivity index (χ2n) is 4.99. The Morgan fingerprint density at radius 2 is 1.57 bits per heavy atom. The summed E-state index contributed by atoms with van der Waals surface area (Å²) in [4.78, 5) is 16.9. The van der Waals surface area contributed by atoms with Crippen molar-refractivity contribution >= 4 is 5.78 Å². The zero-order valence-electron chi connectivity index (χ0n) is 11.8. The summed E-state index contributed by atoms with van der Waals surface area (Å²) < 4.78 is 0. The molecule has 2 heteroatoms. The summed E-state index contributed by atoms with van der Waals surface area (Å²) in [6.07, 6.45) is 1.68. The van der Waals surface area contributed by atoms with E-state index in [4.69, 9.17) is 0 Å². The van der Waals surface area contributed by atoms with Gasteiger partial charge in [0.2, 0.25) is 0 Å². The highest BCUT2D eigenvalue weighted by Gasteiger charge is 2.10. The third-order valence-electron chi connectivity index (χ3n) is 3.41. The number of nitrogens with zero attached hydrogens (tertiary/aromatic N) is 1. The molecule has 0 amide bonds. The van der Waals surface area contributed by atoms with Gasteiger partial charge in [0.05, 0.1) is 5.69 Å². The minimum absolute atomic E-state index is 0.0228. The fourth-order valence-corrected chi connectivity index (χ4v) is 2.21. The van der Waals surface area contributed by atoms with Crippen molar-refractivity contribution in [2.24, 2.45) is 0 Å². The van der Waals surface area contributed by atoms with Gasteiger partial charge in [-0.25, -0.2) is 0 Å². The van der Waals surface area contributed by atoms with Crippen LogP contribution in [0.1, 0.15) is 21.5 Å². The van der Waals surface area contributed by atoms with Crippen LogP contribution in [-0.4, -0.2) is 10.8 Å². The van der Waals surface area contributed by atoms with Crippen molar-refractivity contribution in [1.29, 1.82) is 0 Å². The molecular formula is C19H15NO. The standard InChI is InChI=1S/C19H15NO/c1-14-7-9-16(10-8-14)19(21)17-11-12-20-18(13-17)15-5-3-2-4-6-15/h2-13H,1H3. The molecule has 3 aromatic rings. The smallest absolute Gasteiger partial charge is 0.193 e. The quantitative estimate of drug-likeness (QED) is 0.666. The number of aromatic nitrogens is 1. The minimum atomic E-state index is 0.0228. The van der Waals surface area contributed by atoms with Gasteiger partial charge in [0.15, 0.2) is 5.78 Å². The lowest BCUT2D eigenvalue weighted by atomic mass is 10.0. The van der Waals surface area contributed by atoms with Crippen LogP contribution in [0.15, 0.2) is 72.9 Å². The molecule has 0 fully saturated rings. The summed E-state index contributed by atoms with van der Waals surface area (Å²) in [6.45, 7) is 2.01. The van der Waals surface area contributed by atoms with E-state index in [1.807, 2.05) is 67.6 Å². The van der Waals surface area contributed by atoms with E-state index in [1.54, 1.807) is 12.3 Å². The molecule has 0 saturated heterocycles. The molecule has 0 radical (unpaired) electrons. The van der Waals surface area contributed by atoms with Crippen molar-refractivity contribution in [3.63, 3.8) is 0 Å². The van der Waals surface area contributed by atoms with Crippen LogP contribution in [0.2, 0.25) is 0 Å². The Balaban J connectivity index is 1.96. The topological polar surface area (TPSA) is 30.0 Å². The van der Waals surface area contributed by atoms with Gasteiger partial charge in [-0.15, -0.1) is 0 Å². The summed E-state index contributed by atoms with van der Waals surface area (Å²) in [5.41, 5.74) is 4.33. The minimum Gasteiger partial charge on any atom is -0.289 e. The Morgan fingerprint density at radius 3 is 2.29 bits per heavy atom. The maximum absolute atomic E-state index is 12.5.